The lowest BCUT2D eigenvalue weighted by molar-refractivity contribution is 0.0984. The molecule has 0 saturated carbocycles. The Morgan fingerprint density at radius 3 is 2.86 bits per heavy atom. The van der Waals surface area contributed by atoms with Gasteiger partial charge in [0.2, 0.25) is 0 Å². The number of rotatable bonds is 5. The van der Waals surface area contributed by atoms with E-state index in [9.17, 15) is 8.78 Å². The Morgan fingerprint density at radius 1 is 1.64 bits per heavy atom. The number of aromatic nitrogens is 2. The Bertz CT molecular complexity index is 274. The standard InChI is InChI=1S/C8H14F2N4/c1-13(6-8(9)10)2-3-14-5-7(11)4-12-14/h4-5,8H,2-3,6,11H2,1H3. The summed E-state index contributed by atoms with van der Waals surface area (Å²) < 4.78 is 25.5. The molecule has 6 heteroatoms. The van der Waals surface area contributed by atoms with Crippen LogP contribution in [0.4, 0.5) is 14.5 Å². The summed E-state index contributed by atoms with van der Waals surface area (Å²) in [6.07, 6.45) is 0.922. The van der Waals surface area contributed by atoms with E-state index in [-0.39, 0.29) is 6.54 Å². The van der Waals surface area contributed by atoms with Gasteiger partial charge in [-0.1, -0.05) is 0 Å². The number of hydrogen-bond acceptors (Lipinski definition) is 3. The predicted molar refractivity (Wildman–Crippen MR) is 50.1 cm³/mol. The first-order valence-electron chi connectivity index (χ1n) is 4.32. The molecule has 1 rings (SSSR count). The lowest BCUT2D eigenvalue weighted by Crippen LogP contribution is -2.28. The second kappa shape index (κ2) is 4.90. The summed E-state index contributed by atoms with van der Waals surface area (Å²) in [5, 5.41) is 3.94. The van der Waals surface area contributed by atoms with Gasteiger partial charge >= 0.3 is 0 Å². The molecule has 0 aliphatic carbocycles. The number of nitrogens with two attached hydrogens (primary N) is 1. The van der Waals surface area contributed by atoms with Crippen LogP contribution in [0, 0.1) is 0 Å². The van der Waals surface area contributed by atoms with Crippen LogP contribution in [0.1, 0.15) is 0 Å². The van der Waals surface area contributed by atoms with Gasteiger partial charge in [-0.05, 0) is 7.05 Å². The Kier molecular flexibility index (Phi) is 3.82. The fourth-order valence-corrected chi connectivity index (χ4v) is 1.10. The summed E-state index contributed by atoms with van der Waals surface area (Å²) in [6, 6.07) is 0. The van der Waals surface area contributed by atoms with E-state index in [2.05, 4.69) is 5.10 Å². The third kappa shape index (κ3) is 3.69. The molecule has 0 unspecified atom stereocenters. The van der Waals surface area contributed by atoms with Crippen molar-refractivity contribution in [3.8, 4) is 0 Å². The molecule has 0 amide bonds. The fraction of sp³-hybridized carbons (Fsp3) is 0.625. The Balaban J connectivity index is 2.26. The highest BCUT2D eigenvalue weighted by Crippen LogP contribution is 1.99. The monoisotopic (exact) mass is 204 g/mol. The topological polar surface area (TPSA) is 47.1 Å². The lowest BCUT2D eigenvalue weighted by Gasteiger charge is -2.15. The van der Waals surface area contributed by atoms with Gasteiger partial charge in [-0.15, -0.1) is 0 Å². The molecule has 0 aliphatic rings. The minimum atomic E-state index is -2.29. The molecule has 0 aromatic carbocycles. The van der Waals surface area contributed by atoms with E-state index in [4.69, 9.17) is 5.73 Å². The van der Waals surface area contributed by atoms with Gasteiger partial charge in [-0.3, -0.25) is 9.58 Å². The largest absolute Gasteiger partial charge is 0.396 e. The molecule has 1 aromatic rings. The molecule has 1 aromatic heterocycles. The van der Waals surface area contributed by atoms with Crippen molar-refractivity contribution in [2.45, 2.75) is 13.0 Å². The molecule has 80 valence electrons. The van der Waals surface area contributed by atoms with E-state index in [1.165, 1.54) is 6.20 Å². The molecule has 0 radical (unpaired) electrons. The van der Waals surface area contributed by atoms with Gasteiger partial charge in [0, 0.05) is 12.7 Å². The normalized spacial score (nSPS) is 11.5. The maximum Gasteiger partial charge on any atom is 0.251 e. The van der Waals surface area contributed by atoms with E-state index in [0.717, 1.165) is 0 Å². The minimum Gasteiger partial charge on any atom is -0.396 e. The number of likely N-dealkylation sites (N-methyl/N-ethyl adjacent to an activating group) is 1. The van der Waals surface area contributed by atoms with Crippen LogP contribution in [0.5, 0.6) is 0 Å². The van der Waals surface area contributed by atoms with Crippen LogP contribution in [0.2, 0.25) is 0 Å². The van der Waals surface area contributed by atoms with E-state index in [1.54, 1.807) is 22.8 Å². The molecule has 1 heterocycles. The molecule has 0 fully saturated rings. The quantitative estimate of drug-likeness (QED) is 0.766. The second-order valence-electron chi connectivity index (χ2n) is 3.19. The van der Waals surface area contributed by atoms with Crippen molar-refractivity contribution in [1.29, 1.82) is 0 Å². The fourth-order valence-electron chi connectivity index (χ4n) is 1.10. The Hall–Kier alpha value is -1.17. The summed E-state index contributed by atoms with van der Waals surface area (Å²) in [5.41, 5.74) is 6.03. The van der Waals surface area contributed by atoms with Gasteiger partial charge < -0.3 is 5.73 Å². The van der Waals surface area contributed by atoms with Crippen molar-refractivity contribution in [3.05, 3.63) is 12.4 Å². The summed E-state index contributed by atoms with van der Waals surface area (Å²) >= 11 is 0. The first kappa shape index (κ1) is 10.9. The van der Waals surface area contributed by atoms with Crippen LogP contribution in [0.15, 0.2) is 12.4 Å². The van der Waals surface area contributed by atoms with E-state index in [1.807, 2.05) is 0 Å². The number of nitrogens with zero attached hydrogens (tertiary/aromatic N) is 3. The van der Waals surface area contributed by atoms with Crippen LogP contribution in [-0.2, 0) is 6.54 Å². The van der Waals surface area contributed by atoms with E-state index < -0.39 is 6.43 Å². The number of halogens is 2. The third-order valence-electron chi connectivity index (χ3n) is 1.81. The van der Waals surface area contributed by atoms with Crippen LogP contribution in [-0.4, -0.2) is 41.2 Å². The second-order valence-corrected chi connectivity index (χ2v) is 3.19. The number of anilines is 1. The molecule has 0 aliphatic heterocycles. The van der Waals surface area contributed by atoms with Crippen molar-refractivity contribution < 1.29 is 8.78 Å². The van der Waals surface area contributed by atoms with Crippen molar-refractivity contribution in [1.82, 2.24) is 14.7 Å². The zero-order valence-corrected chi connectivity index (χ0v) is 8.03. The average molecular weight is 204 g/mol. The molecule has 0 spiro atoms. The molecule has 0 saturated heterocycles. The number of nitrogen functional groups attached to an aromatic ring is 1. The summed E-state index contributed by atoms with van der Waals surface area (Å²) in [4.78, 5) is 1.56. The van der Waals surface area contributed by atoms with Crippen molar-refractivity contribution in [3.63, 3.8) is 0 Å². The summed E-state index contributed by atoms with van der Waals surface area (Å²) in [6.45, 7) is 0.891. The smallest absolute Gasteiger partial charge is 0.251 e. The molecule has 0 bridgehead atoms. The highest BCUT2D eigenvalue weighted by atomic mass is 19.3. The summed E-state index contributed by atoms with van der Waals surface area (Å²) in [7, 11) is 1.65. The highest BCUT2D eigenvalue weighted by Gasteiger charge is 2.07. The van der Waals surface area contributed by atoms with E-state index >= 15 is 0 Å². The number of alkyl halides is 2. The zero-order chi connectivity index (χ0) is 10.6. The molecule has 14 heavy (non-hydrogen) atoms. The maximum atomic E-state index is 11.9. The average Bonchev–Trinajstić information content (AvgIpc) is 2.47. The molecular formula is C8H14F2N4. The van der Waals surface area contributed by atoms with Crippen molar-refractivity contribution in [2.24, 2.45) is 0 Å². The summed E-state index contributed by atoms with van der Waals surface area (Å²) in [5.74, 6) is 0. The van der Waals surface area contributed by atoms with Crippen molar-refractivity contribution >= 4 is 5.69 Å². The zero-order valence-electron chi connectivity index (χ0n) is 8.03. The van der Waals surface area contributed by atoms with Crippen LogP contribution in [0.3, 0.4) is 0 Å². The van der Waals surface area contributed by atoms with Gasteiger partial charge in [0.25, 0.3) is 6.43 Å². The van der Waals surface area contributed by atoms with Crippen LogP contribution in [0.25, 0.3) is 0 Å². The van der Waals surface area contributed by atoms with Crippen molar-refractivity contribution in [2.75, 3.05) is 25.9 Å². The van der Waals surface area contributed by atoms with Gasteiger partial charge in [0.1, 0.15) is 0 Å². The Morgan fingerprint density at radius 2 is 2.36 bits per heavy atom. The van der Waals surface area contributed by atoms with Crippen LogP contribution >= 0.6 is 0 Å². The molecule has 2 N–H and O–H groups in total. The SMILES string of the molecule is CN(CCn1cc(N)cn1)CC(F)F. The first-order valence-corrected chi connectivity index (χ1v) is 4.32. The van der Waals surface area contributed by atoms with Gasteiger partial charge in [0.15, 0.2) is 0 Å². The van der Waals surface area contributed by atoms with Gasteiger partial charge in [-0.25, -0.2) is 8.78 Å². The molecule has 4 nitrogen and oxygen atoms in total. The predicted octanol–water partition coefficient (Wildman–Crippen LogP) is 0.662. The lowest BCUT2D eigenvalue weighted by atomic mass is 10.5. The third-order valence-corrected chi connectivity index (χ3v) is 1.81. The van der Waals surface area contributed by atoms with Gasteiger partial charge in [0.05, 0.1) is 25.0 Å². The Labute approximate surface area is 81.3 Å². The molecule has 0 atom stereocenters. The minimum absolute atomic E-state index is 0.212. The van der Waals surface area contributed by atoms with Crippen LogP contribution < -0.4 is 5.73 Å². The maximum absolute atomic E-state index is 11.9. The number of hydrogen-bond donors (Lipinski definition) is 1. The van der Waals surface area contributed by atoms with Gasteiger partial charge in [-0.2, -0.15) is 5.10 Å². The first-order chi connectivity index (χ1) is 6.58. The molecular weight excluding hydrogens is 190 g/mol. The van der Waals surface area contributed by atoms with E-state index in [0.29, 0.717) is 18.8 Å². The highest BCUT2D eigenvalue weighted by molar-refractivity contribution is 5.30.